The van der Waals surface area contributed by atoms with E-state index >= 15 is 0 Å². The van der Waals surface area contributed by atoms with Gasteiger partial charge in [-0.2, -0.15) is 0 Å². The van der Waals surface area contributed by atoms with Gasteiger partial charge in [-0.05, 0) is 31.6 Å². The van der Waals surface area contributed by atoms with Crippen molar-refractivity contribution < 1.29 is 9.59 Å². The van der Waals surface area contributed by atoms with E-state index in [9.17, 15) is 9.59 Å². The maximum absolute atomic E-state index is 11.9. The molecule has 0 aromatic rings. The molecule has 2 saturated heterocycles. The molecule has 0 aromatic carbocycles. The molecule has 0 radical (unpaired) electrons. The Morgan fingerprint density at radius 1 is 1.21 bits per heavy atom. The van der Waals surface area contributed by atoms with Gasteiger partial charge in [-0.3, -0.25) is 9.59 Å². The summed E-state index contributed by atoms with van der Waals surface area (Å²) >= 11 is 0. The smallest absolute Gasteiger partial charge is 0.246 e. The van der Waals surface area contributed by atoms with Gasteiger partial charge in [0.1, 0.15) is 12.1 Å². The molecule has 3 aliphatic rings. The molecule has 1 aliphatic carbocycles. The molecule has 1 N–H and O–H groups in total. The summed E-state index contributed by atoms with van der Waals surface area (Å²) in [6.45, 7) is 0.778. The highest BCUT2D eigenvalue weighted by atomic mass is 16.2. The summed E-state index contributed by atoms with van der Waals surface area (Å²) in [4.78, 5) is 25.4. The number of carbonyl (C=O) groups excluding carboxylic acids is 2. The lowest BCUT2D eigenvalue weighted by atomic mass is 10.1. The van der Waals surface area contributed by atoms with Crippen LogP contribution in [0.1, 0.15) is 25.7 Å². The van der Waals surface area contributed by atoms with Crippen LogP contribution in [-0.2, 0) is 9.59 Å². The Labute approximate surface area is 82.6 Å². The van der Waals surface area contributed by atoms with E-state index in [1.807, 2.05) is 0 Å². The second kappa shape index (κ2) is 2.72. The molecular weight excluding hydrogens is 180 g/mol. The highest BCUT2D eigenvalue weighted by Crippen LogP contribution is 2.36. The monoisotopic (exact) mass is 194 g/mol. The average molecular weight is 194 g/mol. The number of nitrogens with one attached hydrogen (secondary N) is 1. The topological polar surface area (TPSA) is 49.4 Å². The fraction of sp³-hybridized carbons (Fsp3) is 0.800. The SMILES string of the molecule is O=C1N[C@@H](C2CC2)C(=O)N2CCCC12. The maximum atomic E-state index is 11.9. The fourth-order valence-electron chi connectivity index (χ4n) is 2.54. The lowest BCUT2D eigenvalue weighted by Gasteiger charge is -2.34. The van der Waals surface area contributed by atoms with Crippen LogP contribution in [0.25, 0.3) is 0 Å². The van der Waals surface area contributed by atoms with Gasteiger partial charge >= 0.3 is 0 Å². The minimum absolute atomic E-state index is 0.0685. The van der Waals surface area contributed by atoms with E-state index in [0.29, 0.717) is 5.92 Å². The molecule has 0 spiro atoms. The summed E-state index contributed by atoms with van der Waals surface area (Å²) in [5.41, 5.74) is 0. The molecule has 0 bridgehead atoms. The van der Waals surface area contributed by atoms with Crippen molar-refractivity contribution in [3.63, 3.8) is 0 Å². The number of amides is 2. The molecule has 76 valence electrons. The first-order valence-electron chi connectivity index (χ1n) is 5.38. The molecule has 0 aromatic heterocycles. The first kappa shape index (κ1) is 8.26. The third kappa shape index (κ3) is 1.06. The molecule has 1 saturated carbocycles. The predicted octanol–water partition coefficient (Wildman–Crippen LogP) is -0.114. The van der Waals surface area contributed by atoms with Gasteiger partial charge in [0.25, 0.3) is 0 Å². The minimum atomic E-state index is -0.197. The van der Waals surface area contributed by atoms with Crippen molar-refractivity contribution in [2.45, 2.75) is 37.8 Å². The van der Waals surface area contributed by atoms with E-state index in [2.05, 4.69) is 5.32 Å². The molecule has 2 atom stereocenters. The van der Waals surface area contributed by atoms with Gasteiger partial charge in [-0.1, -0.05) is 0 Å². The Balaban J connectivity index is 1.85. The van der Waals surface area contributed by atoms with Crippen LogP contribution in [0.2, 0.25) is 0 Å². The lowest BCUT2D eigenvalue weighted by molar-refractivity contribution is -0.147. The van der Waals surface area contributed by atoms with Gasteiger partial charge in [0, 0.05) is 6.54 Å². The largest absolute Gasteiger partial charge is 0.342 e. The van der Waals surface area contributed by atoms with Crippen LogP contribution in [0.5, 0.6) is 0 Å². The Morgan fingerprint density at radius 3 is 2.71 bits per heavy atom. The number of hydrogen-bond acceptors (Lipinski definition) is 2. The zero-order valence-corrected chi connectivity index (χ0v) is 8.03. The van der Waals surface area contributed by atoms with Gasteiger partial charge in [0.05, 0.1) is 0 Å². The van der Waals surface area contributed by atoms with E-state index in [0.717, 1.165) is 32.2 Å². The van der Waals surface area contributed by atoms with Crippen LogP contribution in [0, 0.1) is 5.92 Å². The third-order valence-electron chi connectivity index (χ3n) is 3.50. The first-order chi connectivity index (χ1) is 6.77. The van der Waals surface area contributed by atoms with Crippen molar-refractivity contribution in [1.82, 2.24) is 10.2 Å². The second-order valence-electron chi connectivity index (χ2n) is 4.51. The quantitative estimate of drug-likeness (QED) is 0.633. The normalized spacial score (nSPS) is 37.0. The van der Waals surface area contributed by atoms with Crippen molar-refractivity contribution in [2.75, 3.05) is 6.54 Å². The van der Waals surface area contributed by atoms with Crippen molar-refractivity contribution in [2.24, 2.45) is 5.92 Å². The highest BCUT2D eigenvalue weighted by molar-refractivity contribution is 5.97. The molecular formula is C10H14N2O2. The lowest BCUT2D eigenvalue weighted by Crippen LogP contribution is -2.61. The van der Waals surface area contributed by atoms with Gasteiger partial charge in [-0.15, -0.1) is 0 Å². The van der Waals surface area contributed by atoms with Crippen LogP contribution in [0.3, 0.4) is 0 Å². The highest BCUT2D eigenvalue weighted by Gasteiger charge is 2.48. The minimum Gasteiger partial charge on any atom is -0.342 e. The summed E-state index contributed by atoms with van der Waals surface area (Å²) in [6.07, 6.45) is 4.00. The zero-order valence-electron chi connectivity index (χ0n) is 8.03. The van der Waals surface area contributed by atoms with Gasteiger partial charge in [0.2, 0.25) is 11.8 Å². The Bertz CT molecular complexity index is 294. The van der Waals surface area contributed by atoms with Gasteiger partial charge in [0.15, 0.2) is 0 Å². The van der Waals surface area contributed by atoms with Crippen LogP contribution in [0.15, 0.2) is 0 Å². The Kier molecular flexibility index (Phi) is 1.60. The number of carbonyl (C=O) groups is 2. The number of fused-ring (bicyclic) bond motifs is 1. The Hall–Kier alpha value is -1.06. The summed E-state index contributed by atoms with van der Waals surface area (Å²) in [7, 11) is 0. The second-order valence-corrected chi connectivity index (χ2v) is 4.51. The number of hydrogen-bond donors (Lipinski definition) is 1. The Morgan fingerprint density at radius 2 is 2.00 bits per heavy atom. The van der Waals surface area contributed by atoms with E-state index in [1.54, 1.807) is 4.90 Å². The van der Waals surface area contributed by atoms with Crippen molar-refractivity contribution in [3.8, 4) is 0 Å². The third-order valence-corrected chi connectivity index (χ3v) is 3.50. The van der Waals surface area contributed by atoms with E-state index in [-0.39, 0.29) is 23.9 Å². The number of nitrogens with zero attached hydrogens (tertiary/aromatic N) is 1. The number of rotatable bonds is 1. The van der Waals surface area contributed by atoms with Crippen LogP contribution in [-0.4, -0.2) is 35.3 Å². The summed E-state index contributed by atoms with van der Waals surface area (Å²) in [6, 6.07) is -0.352. The molecule has 2 amide bonds. The van der Waals surface area contributed by atoms with Crippen molar-refractivity contribution in [1.29, 1.82) is 0 Å². The van der Waals surface area contributed by atoms with E-state index < -0.39 is 0 Å². The standard InChI is InChI=1S/C10H14N2O2/c13-9-7-2-1-5-12(7)10(14)8(11-9)6-3-4-6/h6-8H,1-5H2,(H,11,13)/t7?,8-/m0/s1. The molecule has 2 aliphatic heterocycles. The molecule has 2 heterocycles. The summed E-state index contributed by atoms with van der Waals surface area (Å²) < 4.78 is 0. The summed E-state index contributed by atoms with van der Waals surface area (Å²) in [5, 5.41) is 2.87. The fourth-order valence-corrected chi connectivity index (χ4v) is 2.54. The van der Waals surface area contributed by atoms with Gasteiger partial charge in [-0.25, -0.2) is 0 Å². The molecule has 4 nitrogen and oxygen atoms in total. The number of piperazine rings is 1. The average Bonchev–Trinajstić information content (AvgIpc) is 2.88. The predicted molar refractivity (Wildman–Crippen MR) is 49.4 cm³/mol. The molecule has 3 fully saturated rings. The van der Waals surface area contributed by atoms with Gasteiger partial charge < -0.3 is 10.2 Å². The van der Waals surface area contributed by atoms with Crippen molar-refractivity contribution in [3.05, 3.63) is 0 Å². The summed E-state index contributed by atoms with van der Waals surface area (Å²) in [5.74, 6) is 0.654. The van der Waals surface area contributed by atoms with E-state index in [1.165, 1.54) is 0 Å². The molecule has 1 unspecified atom stereocenters. The molecule has 3 rings (SSSR count). The molecule has 4 heteroatoms. The van der Waals surface area contributed by atoms with Crippen LogP contribution < -0.4 is 5.32 Å². The van der Waals surface area contributed by atoms with E-state index in [4.69, 9.17) is 0 Å². The zero-order chi connectivity index (χ0) is 9.71. The molecule has 14 heavy (non-hydrogen) atoms. The maximum Gasteiger partial charge on any atom is 0.246 e. The first-order valence-corrected chi connectivity index (χ1v) is 5.38. The van der Waals surface area contributed by atoms with Crippen LogP contribution >= 0.6 is 0 Å². The van der Waals surface area contributed by atoms with Crippen molar-refractivity contribution >= 4 is 11.8 Å². The van der Waals surface area contributed by atoms with Crippen LogP contribution in [0.4, 0.5) is 0 Å².